The second-order valence-electron chi connectivity index (χ2n) is 8.21. The molecule has 0 saturated carbocycles. The van der Waals surface area contributed by atoms with Crippen LogP contribution in [-0.2, 0) is 44.2 Å². The van der Waals surface area contributed by atoms with Gasteiger partial charge in [-0.1, -0.05) is 12.8 Å². The van der Waals surface area contributed by atoms with Gasteiger partial charge in [-0.05, 0) is 12.8 Å². The summed E-state index contributed by atoms with van der Waals surface area (Å²) in [7, 11) is 5.47. The number of Topliss-reactive ketones (excluding diaryl/α,β-unsaturated/α-hetero) is 1. The van der Waals surface area contributed by atoms with Crippen molar-refractivity contribution >= 4 is 29.0 Å². The first-order valence-electron chi connectivity index (χ1n) is 10.8. The number of carbonyl (C=O) groups excluding carboxylic acids is 2. The molecule has 13 nitrogen and oxygen atoms in total. The molecule has 0 unspecified atom stereocenters. The SMILES string of the molecule is Cn1c(N)c(CC(=O)CCCCCCC(=O)Nc2c(N)n(C)c(=O)n(C)c2=O)c(=O)n(C)c1=O. The number of rotatable bonds is 10. The second-order valence-corrected chi connectivity index (χ2v) is 8.21. The van der Waals surface area contributed by atoms with E-state index in [1.165, 1.54) is 28.2 Å². The molecule has 0 saturated heterocycles. The van der Waals surface area contributed by atoms with Crippen LogP contribution in [0.3, 0.4) is 0 Å². The lowest BCUT2D eigenvalue weighted by molar-refractivity contribution is -0.119. The summed E-state index contributed by atoms with van der Waals surface area (Å²) >= 11 is 0. The maximum Gasteiger partial charge on any atom is 0.332 e. The van der Waals surface area contributed by atoms with E-state index >= 15 is 0 Å². The van der Waals surface area contributed by atoms with Gasteiger partial charge in [-0.15, -0.1) is 0 Å². The highest BCUT2D eigenvalue weighted by molar-refractivity contribution is 5.92. The van der Waals surface area contributed by atoms with Crippen LogP contribution in [0.1, 0.15) is 44.1 Å². The molecule has 5 N–H and O–H groups in total. The lowest BCUT2D eigenvalue weighted by Crippen LogP contribution is -2.40. The van der Waals surface area contributed by atoms with Gasteiger partial charge in [0, 0.05) is 47.5 Å². The Bertz CT molecular complexity index is 1240. The first-order chi connectivity index (χ1) is 15.9. The summed E-state index contributed by atoms with van der Waals surface area (Å²) in [5.41, 5.74) is 9.19. The predicted octanol–water partition coefficient (Wildman–Crippen LogP) is -1.26. The molecule has 0 aliphatic rings. The Morgan fingerprint density at radius 1 is 0.706 bits per heavy atom. The summed E-state index contributed by atoms with van der Waals surface area (Å²) in [4.78, 5) is 72.6. The molecular weight excluding hydrogens is 446 g/mol. The van der Waals surface area contributed by atoms with Crippen LogP contribution in [0.2, 0.25) is 0 Å². The molecule has 2 aromatic heterocycles. The summed E-state index contributed by atoms with van der Waals surface area (Å²) in [6, 6.07) is 0. The van der Waals surface area contributed by atoms with Gasteiger partial charge in [0.1, 0.15) is 23.1 Å². The number of nitrogens with two attached hydrogens (primary N) is 2. The molecule has 1 amide bonds. The molecule has 13 heteroatoms. The molecule has 0 bridgehead atoms. The minimum absolute atomic E-state index is 0.0126. The number of hydrogen-bond acceptors (Lipinski definition) is 8. The molecule has 0 aliphatic carbocycles. The summed E-state index contributed by atoms with van der Waals surface area (Å²) in [6.07, 6.45) is 2.69. The minimum atomic E-state index is -0.679. The number of amides is 1. The van der Waals surface area contributed by atoms with E-state index in [-0.39, 0.29) is 47.9 Å². The van der Waals surface area contributed by atoms with Gasteiger partial charge in [0.2, 0.25) is 5.91 Å². The van der Waals surface area contributed by atoms with Crippen LogP contribution >= 0.6 is 0 Å². The van der Waals surface area contributed by atoms with E-state index in [4.69, 9.17) is 11.5 Å². The molecule has 34 heavy (non-hydrogen) atoms. The molecule has 2 rings (SSSR count). The van der Waals surface area contributed by atoms with Crippen molar-refractivity contribution in [2.45, 2.75) is 44.9 Å². The first-order valence-corrected chi connectivity index (χ1v) is 10.8. The van der Waals surface area contributed by atoms with Crippen LogP contribution in [-0.4, -0.2) is 30.0 Å². The number of nitrogens with zero attached hydrogens (tertiary/aromatic N) is 4. The standard InChI is InChI=1S/C21H31N7O6/c1-25-16(22)13(18(31)27(3)20(25)33)11-12(29)9-7-5-6-8-10-14(30)24-15-17(23)26(2)21(34)28(4)19(15)32/h5-11,22-23H2,1-4H3,(H,24,30). The molecular formula is C21H31N7O6. The summed E-state index contributed by atoms with van der Waals surface area (Å²) in [5, 5.41) is 2.47. The molecule has 0 radical (unpaired) electrons. The normalized spacial score (nSPS) is 10.9. The van der Waals surface area contributed by atoms with Crippen LogP contribution < -0.4 is 39.3 Å². The molecule has 2 aromatic rings. The van der Waals surface area contributed by atoms with E-state index in [0.717, 1.165) is 18.3 Å². The number of hydrogen-bond donors (Lipinski definition) is 3. The van der Waals surface area contributed by atoms with Crippen molar-refractivity contribution in [3.8, 4) is 0 Å². The lowest BCUT2D eigenvalue weighted by atomic mass is 10.0. The largest absolute Gasteiger partial charge is 0.385 e. The molecule has 186 valence electrons. The first kappa shape index (κ1) is 26.4. The predicted molar refractivity (Wildman–Crippen MR) is 128 cm³/mol. The van der Waals surface area contributed by atoms with Gasteiger partial charge in [0.15, 0.2) is 0 Å². The van der Waals surface area contributed by atoms with E-state index < -0.39 is 28.4 Å². The van der Waals surface area contributed by atoms with Gasteiger partial charge in [0.05, 0.1) is 5.56 Å². The molecule has 0 aliphatic heterocycles. The second kappa shape index (κ2) is 10.8. The van der Waals surface area contributed by atoms with Crippen LogP contribution in [0, 0.1) is 0 Å². The zero-order valence-electron chi connectivity index (χ0n) is 19.8. The highest BCUT2D eigenvalue weighted by atomic mass is 16.2. The fourth-order valence-electron chi connectivity index (χ4n) is 3.52. The van der Waals surface area contributed by atoms with Gasteiger partial charge in [-0.2, -0.15) is 0 Å². The van der Waals surface area contributed by atoms with Crippen molar-refractivity contribution in [2.75, 3.05) is 16.8 Å². The van der Waals surface area contributed by atoms with Gasteiger partial charge in [0.25, 0.3) is 11.1 Å². The van der Waals surface area contributed by atoms with Crippen LogP contribution in [0.15, 0.2) is 19.2 Å². The fraction of sp³-hybridized carbons (Fsp3) is 0.524. The summed E-state index contributed by atoms with van der Waals surface area (Å²) in [6.45, 7) is 0. The Morgan fingerprint density at radius 3 is 1.79 bits per heavy atom. The molecule has 0 atom stereocenters. The highest BCUT2D eigenvalue weighted by Crippen LogP contribution is 2.12. The number of carbonyl (C=O) groups is 2. The van der Waals surface area contributed by atoms with Crippen molar-refractivity contribution < 1.29 is 9.59 Å². The monoisotopic (exact) mass is 477 g/mol. The lowest BCUT2D eigenvalue weighted by Gasteiger charge is -2.12. The number of ketones is 1. The third-order valence-electron chi connectivity index (χ3n) is 5.76. The van der Waals surface area contributed by atoms with Crippen LogP contribution in [0.5, 0.6) is 0 Å². The fourth-order valence-corrected chi connectivity index (χ4v) is 3.52. The number of anilines is 3. The number of unbranched alkanes of at least 4 members (excludes halogenated alkanes) is 3. The van der Waals surface area contributed by atoms with Crippen molar-refractivity contribution in [3.63, 3.8) is 0 Å². The Morgan fingerprint density at radius 2 is 1.21 bits per heavy atom. The van der Waals surface area contributed by atoms with E-state index in [1.54, 1.807) is 0 Å². The van der Waals surface area contributed by atoms with Crippen LogP contribution in [0.4, 0.5) is 17.3 Å². The van der Waals surface area contributed by atoms with Crippen molar-refractivity contribution in [1.29, 1.82) is 0 Å². The molecule has 2 heterocycles. The van der Waals surface area contributed by atoms with E-state index in [9.17, 15) is 28.8 Å². The maximum atomic E-state index is 12.3. The molecule has 0 spiro atoms. The average Bonchev–Trinajstić information content (AvgIpc) is 2.81. The molecule has 0 aromatic carbocycles. The smallest absolute Gasteiger partial charge is 0.332 e. The third-order valence-corrected chi connectivity index (χ3v) is 5.76. The average molecular weight is 478 g/mol. The highest BCUT2D eigenvalue weighted by Gasteiger charge is 2.17. The Balaban J connectivity index is 1.80. The molecule has 0 fully saturated rings. The van der Waals surface area contributed by atoms with Gasteiger partial charge in [-0.25, -0.2) is 9.59 Å². The van der Waals surface area contributed by atoms with Crippen molar-refractivity contribution in [2.24, 2.45) is 28.2 Å². The van der Waals surface area contributed by atoms with Gasteiger partial charge >= 0.3 is 11.4 Å². The Hall–Kier alpha value is -3.90. The summed E-state index contributed by atoms with van der Waals surface area (Å²) < 4.78 is 3.99. The quantitative estimate of drug-likeness (QED) is 0.354. The van der Waals surface area contributed by atoms with E-state index in [1.807, 2.05) is 0 Å². The third kappa shape index (κ3) is 5.53. The topological polar surface area (TPSA) is 186 Å². The minimum Gasteiger partial charge on any atom is -0.385 e. The van der Waals surface area contributed by atoms with E-state index in [2.05, 4.69) is 5.32 Å². The van der Waals surface area contributed by atoms with Crippen LogP contribution in [0.25, 0.3) is 0 Å². The summed E-state index contributed by atoms with van der Waals surface area (Å²) in [5.74, 6) is -0.698. The number of aromatic nitrogens is 4. The van der Waals surface area contributed by atoms with Gasteiger partial charge in [-0.3, -0.25) is 37.4 Å². The number of nitrogens with one attached hydrogen (secondary N) is 1. The Labute approximate surface area is 194 Å². The number of nitrogen functional groups attached to an aromatic ring is 2. The van der Waals surface area contributed by atoms with Crippen molar-refractivity contribution in [1.82, 2.24) is 18.3 Å². The zero-order valence-corrected chi connectivity index (χ0v) is 19.8. The van der Waals surface area contributed by atoms with Crippen molar-refractivity contribution in [3.05, 3.63) is 47.2 Å². The maximum absolute atomic E-state index is 12.3. The zero-order chi connectivity index (χ0) is 25.7. The van der Waals surface area contributed by atoms with E-state index in [0.29, 0.717) is 25.7 Å². The van der Waals surface area contributed by atoms with Gasteiger partial charge < -0.3 is 16.8 Å². The Kier molecular flexibility index (Phi) is 8.38.